The summed E-state index contributed by atoms with van der Waals surface area (Å²) in [6.07, 6.45) is -4.57. The van der Waals surface area contributed by atoms with Crippen LogP contribution in [-0.4, -0.2) is 11.3 Å². The van der Waals surface area contributed by atoms with Gasteiger partial charge in [-0.1, -0.05) is 41.9 Å². The molecule has 0 saturated carbocycles. The summed E-state index contributed by atoms with van der Waals surface area (Å²) in [5.74, 6) is -0.300. The van der Waals surface area contributed by atoms with Gasteiger partial charge in [0.1, 0.15) is 5.75 Å². The maximum atomic E-state index is 13.5. The first-order valence-electron chi connectivity index (χ1n) is 6.13. The molecule has 6 heteroatoms. The van der Waals surface area contributed by atoms with Crippen molar-refractivity contribution in [3.8, 4) is 5.75 Å². The summed E-state index contributed by atoms with van der Waals surface area (Å²) in [5, 5.41) is 12.3. The Kier molecular flexibility index (Phi) is 4.05. The monoisotopic (exact) mass is 315 g/mol. The number of hydrogen-bond acceptors (Lipinski definition) is 2. The number of rotatable bonds is 3. The standard InChI is InChI=1S/C15H13ClF3NO/c1-14(15(17,18)19,10-5-3-2-4-6-10)20-12-9-11(16)7-8-13(12)21/h2-9,20-21H,1H3. The van der Waals surface area contributed by atoms with Crippen molar-refractivity contribution >= 4 is 17.3 Å². The number of phenolic OH excluding ortho intramolecular Hbond substituents is 1. The van der Waals surface area contributed by atoms with Crippen LogP contribution in [0.1, 0.15) is 12.5 Å². The van der Waals surface area contributed by atoms with Gasteiger partial charge in [-0.2, -0.15) is 13.2 Å². The summed E-state index contributed by atoms with van der Waals surface area (Å²) in [5.41, 5.74) is -2.39. The second kappa shape index (κ2) is 5.48. The minimum atomic E-state index is -4.57. The van der Waals surface area contributed by atoms with Gasteiger partial charge in [-0.15, -0.1) is 0 Å². The molecule has 2 aromatic carbocycles. The van der Waals surface area contributed by atoms with Crippen molar-refractivity contribution in [2.75, 3.05) is 5.32 Å². The Morgan fingerprint density at radius 1 is 1.05 bits per heavy atom. The summed E-state index contributed by atoms with van der Waals surface area (Å²) in [7, 11) is 0. The van der Waals surface area contributed by atoms with Gasteiger partial charge >= 0.3 is 6.18 Å². The van der Waals surface area contributed by atoms with Gasteiger partial charge in [-0.3, -0.25) is 0 Å². The van der Waals surface area contributed by atoms with Gasteiger partial charge in [0.2, 0.25) is 0 Å². The van der Waals surface area contributed by atoms with Crippen LogP contribution in [0.5, 0.6) is 5.75 Å². The highest BCUT2D eigenvalue weighted by Crippen LogP contribution is 2.43. The second-order valence-electron chi connectivity index (χ2n) is 4.78. The van der Waals surface area contributed by atoms with E-state index in [9.17, 15) is 18.3 Å². The Morgan fingerprint density at radius 2 is 1.67 bits per heavy atom. The summed E-state index contributed by atoms with van der Waals surface area (Å²) in [6.45, 7) is 1.02. The predicted molar refractivity (Wildman–Crippen MR) is 76.6 cm³/mol. The van der Waals surface area contributed by atoms with E-state index in [1.165, 1.54) is 42.5 Å². The van der Waals surface area contributed by atoms with Crippen LogP contribution in [0.3, 0.4) is 0 Å². The Morgan fingerprint density at radius 3 is 2.24 bits per heavy atom. The SMILES string of the molecule is CC(Nc1cc(Cl)ccc1O)(c1ccccc1)C(F)(F)F. The molecule has 21 heavy (non-hydrogen) atoms. The fourth-order valence-electron chi connectivity index (χ4n) is 1.96. The molecule has 0 fully saturated rings. The third-order valence-corrected chi connectivity index (χ3v) is 3.50. The summed E-state index contributed by atoms with van der Waals surface area (Å²) >= 11 is 5.77. The van der Waals surface area contributed by atoms with Crippen molar-refractivity contribution in [3.63, 3.8) is 0 Å². The Labute approximate surface area is 125 Å². The van der Waals surface area contributed by atoms with Crippen molar-refractivity contribution in [2.45, 2.75) is 18.6 Å². The van der Waals surface area contributed by atoms with Crippen molar-refractivity contribution in [1.29, 1.82) is 0 Å². The maximum Gasteiger partial charge on any atom is 0.415 e. The first-order valence-corrected chi connectivity index (χ1v) is 6.51. The average Bonchev–Trinajstić information content (AvgIpc) is 2.42. The maximum absolute atomic E-state index is 13.5. The zero-order valence-electron chi connectivity index (χ0n) is 11.1. The van der Waals surface area contributed by atoms with E-state index in [-0.39, 0.29) is 22.0 Å². The first-order chi connectivity index (χ1) is 9.74. The molecule has 0 aromatic heterocycles. The van der Waals surface area contributed by atoms with Gasteiger partial charge in [0.05, 0.1) is 5.69 Å². The molecule has 0 radical (unpaired) electrons. The highest BCUT2D eigenvalue weighted by atomic mass is 35.5. The van der Waals surface area contributed by atoms with Gasteiger partial charge in [0.25, 0.3) is 0 Å². The van der Waals surface area contributed by atoms with Crippen molar-refractivity contribution < 1.29 is 18.3 Å². The number of benzene rings is 2. The molecule has 2 N–H and O–H groups in total. The van der Waals surface area contributed by atoms with Crippen LogP contribution in [0.4, 0.5) is 18.9 Å². The highest BCUT2D eigenvalue weighted by molar-refractivity contribution is 6.30. The van der Waals surface area contributed by atoms with Crippen molar-refractivity contribution in [2.24, 2.45) is 0 Å². The predicted octanol–water partition coefficient (Wildman–Crippen LogP) is 4.94. The molecule has 0 aliphatic carbocycles. The molecule has 0 bridgehead atoms. The molecule has 2 rings (SSSR count). The molecule has 2 nitrogen and oxygen atoms in total. The van der Waals surface area contributed by atoms with Crippen molar-refractivity contribution in [3.05, 3.63) is 59.1 Å². The molecule has 1 atom stereocenters. The number of phenols is 1. The smallest absolute Gasteiger partial charge is 0.415 e. The van der Waals surface area contributed by atoms with Crippen LogP contribution in [0.2, 0.25) is 5.02 Å². The number of halogens is 4. The number of anilines is 1. The third kappa shape index (κ3) is 3.08. The Hall–Kier alpha value is -1.88. The summed E-state index contributed by atoms with van der Waals surface area (Å²) in [4.78, 5) is 0. The Bertz CT molecular complexity index is 631. The zero-order valence-corrected chi connectivity index (χ0v) is 11.8. The topological polar surface area (TPSA) is 32.3 Å². The summed E-state index contributed by atoms with van der Waals surface area (Å²) < 4.78 is 40.6. The molecule has 0 saturated heterocycles. The molecule has 0 aliphatic heterocycles. The molecule has 0 amide bonds. The fraction of sp³-hybridized carbons (Fsp3) is 0.200. The van der Waals surface area contributed by atoms with E-state index in [4.69, 9.17) is 11.6 Å². The van der Waals surface area contributed by atoms with E-state index in [2.05, 4.69) is 5.32 Å². The van der Waals surface area contributed by atoms with E-state index < -0.39 is 11.7 Å². The first kappa shape index (κ1) is 15.5. The van der Waals surface area contributed by atoms with E-state index in [0.29, 0.717) is 0 Å². The van der Waals surface area contributed by atoms with Crippen LogP contribution in [0.15, 0.2) is 48.5 Å². The average molecular weight is 316 g/mol. The molecule has 112 valence electrons. The van der Waals surface area contributed by atoms with Crippen LogP contribution in [-0.2, 0) is 5.54 Å². The quantitative estimate of drug-likeness (QED) is 0.787. The number of hydrogen-bond donors (Lipinski definition) is 2. The fourth-order valence-corrected chi connectivity index (χ4v) is 2.13. The van der Waals surface area contributed by atoms with Gasteiger partial charge < -0.3 is 10.4 Å². The lowest BCUT2D eigenvalue weighted by molar-refractivity contribution is -0.177. The van der Waals surface area contributed by atoms with E-state index in [1.807, 2.05) is 0 Å². The van der Waals surface area contributed by atoms with Gasteiger partial charge in [-0.05, 0) is 30.7 Å². The van der Waals surface area contributed by atoms with Gasteiger partial charge in [-0.25, -0.2) is 0 Å². The third-order valence-electron chi connectivity index (χ3n) is 3.26. The van der Waals surface area contributed by atoms with Crippen molar-refractivity contribution in [1.82, 2.24) is 0 Å². The zero-order chi connectivity index (χ0) is 15.7. The molecular weight excluding hydrogens is 303 g/mol. The second-order valence-corrected chi connectivity index (χ2v) is 5.21. The van der Waals surface area contributed by atoms with Gasteiger partial charge in [0, 0.05) is 5.02 Å². The molecule has 1 unspecified atom stereocenters. The molecular formula is C15H13ClF3NO. The van der Waals surface area contributed by atoms with Crippen LogP contribution < -0.4 is 5.32 Å². The lowest BCUT2D eigenvalue weighted by Gasteiger charge is -2.34. The summed E-state index contributed by atoms with van der Waals surface area (Å²) in [6, 6.07) is 11.3. The van der Waals surface area contributed by atoms with Crippen LogP contribution >= 0.6 is 11.6 Å². The minimum Gasteiger partial charge on any atom is -0.506 e. The number of alkyl halides is 3. The van der Waals surface area contributed by atoms with Gasteiger partial charge in [0.15, 0.2) is 5.54 Å². The number of nitrogens with one attached hydrogen (secondary N) is 1. The Balaban J connectivity index is 2.50. The molecule has 0 spiro atoms. The van der Waals surface area contributed by atoms with E-state index >= 15 is 0 Å². The lowest BCUT2D eigenvalue weighted by atomic mass is 9.90. The lowest BCUT2D eigenvalue weighted by Crippen LogP contribution is -2.46. The number of aromatic hydroxyl groups is 1. The van der Waals surface area contributed by atoms with Crippen LogP contribution in [0, 0.1) is 0 Å². The normalized spacial score (nSPS) is 14.5. The van der Waals surface area contributed by atoms with Crippen LogP contribution in [0.25, 0.3) is 0 Å². The molecule has 2 aromatic rings. The van der Waals surface area contributed by atoms with E-state index in [0.717, 1.165) is 6.92 Å². The molecule has 0 heterocycles. The molecule has 0 aliphatic rings. The highest BCUT2D eigenvalue weighted by Gasteiger charge is 2.52. The largest absolute Gasteiger partial charge is 0.506 e. The minimum absolute atomic E-state index is 0.0388. The van der Waals surface area contributed by atoms with E-state index in [1.54, 1.807) is 6.07 Å².